The van der Waals surface area contributed by atoms with Crippen molar-refractivity contribution in [2.75, 3.05) is 25.1 Å². The van der Waals surface area contributed by atoms with Crippen LogP contribution in [0.5, 0.6) is 5.75 Å². The van der Waals surface area contributed by atoms with Gasteiger partial charge in [-0.25, -0.2) is 0 Å². The van der Waals surface area contributed by atoms with E-state index in [0.717, 1.165) is 43.1 Å². The Morgan fingerprint density at radius 2 is 2.35 bits per heavy atom. The van der Waals surface area contributed by atoms with E-state index in [-0.39, 0.29) is 12.5 Å². The number of anilines is 1. The van der Waals surface area contributed by atoms with Crippen LogP contribution in [0, 0.1) is 5.92 Å². The van der Waals surface area contributed by atoms with Crippen molar-refractivity contribution in [1.82, 2.24) is 5.32 Å². The van der Waals surface area contributed by atoms with Gasteiger partial charge in [-0.3, -0.25) is 4.79 Å². The standard InChI is InChI=1S/C15H20N2O3/c1-10-12(4-5-19-10)8-16-7-11-2-3-14-13(6-11)17-15(18)9-20-14/h2-3,6,10,12,16H,4-5,7-9H2,1H3,(H,17,18). The summed E-state index contributed by atoms with van der Waals surface area (Å²) in [4.78, 5) is 11.3. The summed E-state index contributed by atoms with van der Waals surface area (Å²) < 4.78 is 10.9. The van der Waals surface area contributed by atoms with Gasteiger partial charge in [0.1, 0.15) is 5.75 Å². The molecule has 5 heteroatoms. The van der Waals surface area contributed by atoms with Gasteiger partial charge in [0.05, 0.1) is 11.8 Å². The fourth-order valence-electron chi connectivity index (χ4n) is 2.69. The maximum Gasteiger partial charge on any atom is 0.262 e. The van der Waals surface area contributed by atoms with Crippen molar-refractivity contribution in [3.05, 3.63) is 23.8 Å². The molecule has 2 aliphatic rings. The molecule has 0 saturated carbocycles. The van der Waals surface area contributed by atoms with Crippen LogP contribution in [0.1, 0.15) is 18.9 Å². The average molecular weight is 276 g/mol. The van der Waals surface area contributed by atoms with E-state index in [1.54, 1.807) is 0 Å². The predicted molar refractivity (Wildman–Crippen MR) is 75.8 cm³/mol. The smallest absolute Gasteiger partial charge is 0.262 e. The molecule has 0 spiro atoms. The number of amides is 1. The van der Waals surface area contributed by atoms with Crippen LogP contribution in [0.2, 0.25) is 0 Å². The van der Waals surface area contributed by atoms with Crippen LogP contribution in [0.3, 0.4) is 0 Å². The summed E-state index contributed by atoms with van der Waals surface area (Å²) in [6.45, 7) is 4.85. The van der Waals surface area contributed by atoms with Crippen LogP contribution in [-0.4, -0.2) is 31.8 Å². The van der Waals surface area contributed by atoms with Crippen molar-refractivity contribution >= 4 is 11.6 Å². The highest BCUT2D eigenvalue weighted by Crippen LogP contribution is 2.28. The molecule has 0 aliphatic carbocycles. The molecule has 2 N–H and O–H groups in total. The molecule has 3 rings (SSSR count). The van der Waals surface area contributed by atoms with Crippen molar-refractivity contribution in [2.24, 2.45) is 5.92 Å². The topological polar surface area (TPSA) is 59.6 Å². The van der Waals surface area contributed by atoms with Crippen LogP contribution in [-0.2, 0) is 16.1 Å². The molecule has 1 amide bonds. The third kappa shape index (κ3) is 2.94. The highest BCUT2D eigenvalue weighted by molar-refractivity contribution is 5.95. The monoisotopic (exact) mass is 276 g/mol. The van der Waals surface area contributed by atoms with E-state index in [1.165, 1.54) is 0 Å². The van der Waals surface area contributed by atoms with E-state index in [1.807, 2.05) is 18.2 Å². The molecule has 1 aromatic rings. The van der Waals surface area contributed by atoms with Gasteiger partial charge >= 0.3 is 0 Å². The summed E-state index contributed by atoms with van der Waals surface area (Å²) in [5, 5.41) is 6.29. The predicted octanol–water partition coefficient (Wildman–Crippen LogP) is 1.53. The Kier molecular flexibility index (Phi) is 3.89. The number of carbonyl (C=O) groups excluding carboxylic acids is 1. The SMILES string of the molecule is CC1OCCC1CNCc1ccc2c(c1)NC(=O)CO2. The highest BCUT2D eigenvalue weighted by atomic mass is 16.5. The van der Waals surface area contributed by atoms with Crippen molar-refractivity contribution < 1.29 is 14.3 Å². The molecule has 2 atom stereocenters. The number of carbonyl (C=O) groups is 1. The molecular formula is C15H20N2O3. The first kappa shape index (κ1) is 13.4. The van der Waals surface area contributed by atoms with Crippen molar-refractivity contribution in [2.45, 2.75) is 26.0 Å². The largest absolute Gasteiger partial charge is 0.482 e. The third-order valence-electron chi connectivity index (χ3n) is 3.95. The van der Waals surface area contributed by atoms with E-state index >= 15 is 0 Å². The normalized spacial score (nSPS) is 24.9. The number of ether oxygens (including phenoxy) is 2. The number of nitrogens with one attached hydrogen (secondary N) is 2. The van der Waals surface area contributed by atoms with E-state index in [4.69, 9.17) is 9.47 Å². The summed E-state index contributed by atoms with van der Waals surface area (Å²) in [6.07, 6.45) is 1.47. The van der Waals surface area contributed by atoms with Crippen molar-refractivity contribution in [1.29, 1.82) is 0 Å². The molecule has 1 fully saturated rings. The second-order valence-corrected chi connectivity index (χ2v) is 5.42. The highest BCUT2D eigenvalue weighted by Gasteiger charge is 2.23. The second-order valence-electron chi connectivity index (χ2n) is 5.42. The first-order chi connectivity index (χ1) is 9.72. The fraction of sp³-hybridized carbons (Fsp3) is 0.533. The van der Waals surface area contributed by atoms with Gasteiger partial charge in [-0.15, -0.1) is 0 Å². The van der Waals surface area contributed by atoms with Crippen molar-refractivity contribution in [3.8, 4) is 5.75 Å². The van der Waals surface area contributed by atoms with E-state index in [9.17, 15) is 4.79 Å². The van der Waals surface area contributed by atoms with Gasteiger partial charge in [0, 0.05) is 19.7 Å². The number of hydrogen-bond acceptors (Lipinski definition) is 4. The minimum absolute atomic E-state index is 0.0976. The fourth-order valence-corrected chi connectivity index (χ4v) is 2.69. The Bertz CT molecular complexity index is 504. The molecule has 1 saturated heterocycles. The lowest BCUT2D eigenvalue weighted by Gasteiger charge is -2.19. The Balaban J connectivity index is 1.55. The summed E-state index contributed by atoms with van der Waals surface area (Å²) in [6, 6.07) is 5.90. The number of hydrogen-bond donors (Lipinski definition) is 2. The van der Waals surface area contributed by atoms with Gasteiger partial charge < -0.3 is 20.1 Å². The molecule has 2 unspecified atom stereocenters. The minimum Gasteiger partial charge on any atom is -0.482 e. The van der Waals surface area contributed by atoms with Gasteiger partial charge in [-0.2, -0.15) is 0 Å². The molecule has 0 radical (unpaired) electrons. The number of benzene rings is 1. The van der Waals surface area contributed by atoms with Crippen LogP contribution in [0.25, 0.3) is 0 Å². The van der Waals surface area contributed by atoms with Crippen molar-refractivity contribution in [3.63, 3.8) is 0 Å². The third-order valence-corrected chi connectivity index (χ3v) is 3.95. The van der Waals surface area contributed by atoms with Gasteiger partial charge in [0.15, 0.2) is 6.61 Å². The Morgan fingerprint density at radius 1 is 1.45 bits per heavy atom. The summed E-state index contributed by atoms with van der Waals surface area (Å²) >= 11 is 0. The molecule has 1 aromatic carbocycles. The Labute approximate surface area is 118 Å². The van der Waals surface area contributed by atoms with E-state index < -0.39 is 0 Å². The molecule has 108 valence electrons. The minimum atomic E-state index is -0.0976. The maximum absolute atomic E-state index is 11.3. The first-order valence-corrected chi connectivity index (χ1v) is 7.10. The lowest BCUT2D eigenvalue weighted by atomic mass is 10.0. The van der Waals surface area contributed by atoms with Gasteiger partial charge in [-0.05, 0) is 37.0 Å². The lowest BCUT2D eigenvalue weighted by molar-refractivity contribution is -0.118. The number of fused-ring (bicyclic) bond motifs is 1. The Morgan fingerprint density at radius 3 is 3.15 bits per heavy atom. The molecule has 0 aromatic heterocycles. The molecular weight excluding hydrogens is 256 g/mol. The van der Waals surface area contributed by atoms with Crippen LogP contribution in [0.15, 0.2) is 18.2 Å². The van der Waals surface area contributed by atoms with Gasteiger partial charge in [-0.1, -0.05) is 6.07 Å². The molecule has 2 heterocycles. The summed E-state index contributed by atoms with van der Waals surface area (Å²) in [5.41, 5.74) is 1.90. The average Bonchev–Trinajstić information content (AvgIpc) is 2.84. The maximum atomic E-state index is 11.3. The molecule has 5 nitrogen and oxygen atoms in total. The van der Waals surface area contributed by atoms with E-state index in [2.05, 4.69) is 17.6 Å². The van der Waals surface area contributed by atoms with E-state index in [0.29, 0.717) is 12.0 Å². The Hall–Kier alpha value is -1.59. The zero-order valence-corrected chi connectivity index (χ0v) is 11.6. The van der Waals surface area contributed by atoms with Gasteiger partial charge in [0.2, 0.25) is 0 Å². The van der Waals surface area contributed by atoms with Crippen LogP contribution < -0.4 is 15.4 Å². The zero-order valence-electron chi connectivity index (χ0n) is 11.6. The zero-order chi connectivity index (χ0) is 13.9. The van der Waals surface area contributed by atoms with Gasteiger partial charge in [0.25, 0.3) is 5.91 Å². The van der Waals surface area contributed by atoms with Crippen LogP contribution in [0.4, 0.5) is 5.69 Å². The summed E-state index contributed by atoms with van der Waals surface area (Å²) in [5.74, 6) is 1.24. The molecule has 0 bridgehead atoms. The quantitative estimate of drug-likeness (QED) is 0.875. The molecule has 2 aliphatic heterocycles. The first-order valence-electron chi connectivity index (χ1n) is 7.10. The lowest BCUT2D eigenvalue weighted by Crippen LogP contribution is -2.27. The summed E-state index contributed by atoms with van der Waals surface area (Å²) in [7, 11) is 0. The second kappa shape index (κ2) is 5.81. The van der Waals surface area contributed by atoms with Crippen LogP contribution >= 0.6 is 0 Å². The number of rotatable bonds is 4. The molecule has 20 heavy (non-hydrogen) atoms.